The minimum atomic E-state index is -0.225. The summed E-state index contributed by atoms with van der Waals surface area (Å²) in [5.41, 5.74) is 9.98. The Labute approximate surface area is 156 Å². The van der Waals surface area contributed by atoms with E-state index in [-0.39, 0.29) is 5.41 Å². The molecule has 1 aliphatic carbocycles. The Morgan fingerprint density at radius 3 is 2.85 bits per heavy atom. The Balaban J connectivity index is 1.58. The molecule has 27 heavy (non-hydrogen) atoms. The lowest BCUT2D eigenvalue weighted by Crippen LogP contribution is -2.21. The van der Waals surface area contributed by atoms with Gasteiger partial charge in [0.05, 0.1) is 24.0 Å². The van der Waals surface area contributed by atoms with Crippen LogP contribution in [0.1, 0.15) is 31.7 Å². The number of anilines is 1. The van der Waals surface area contributed by atoms with Crippen molar-refractivity contribution in [1.82, 2.24) is 14.8 Å². The van der Waals surface area contributed by atoms with Gasteiger partial charge in [-0.3, -0.25) is 14.5 Å². The first-order valence-electron chi connectivity index (χ1n) is 9.39. The quantitative estimate of drug-likeness (QED) is 0.756. The molecule has 1 aromatic carbocycles. The van der Waals surface area contributed by atoms with Crippen molar-refractivity contribution >= 4 is 45.2 Å². The van der Waals surface area contributed by atoms with E-state index < -0.39 is 0 Å². The van der Waals surface area contributed by atoms with Gasteiger partial charge in [0.1, 0.15) is 17.1 Å². The molecule has 5 rings (SSSR count). The standard InChI is InChI=1S/C21H21N5O/c1-2-18(27)21(6-7-21)12-26-11-16-19(25-26)15-4-3-13(14-5-8-23-10-14)9-17(15)24-20(16)22/h3-5,8-9,11H,2,6-7,10,12H2,1H3,(H2,22,24). The summed E-state index contributed by atoms with van der Waals surface area (Å²) >= 11 is 0. The number of carbonyl (C=O) groups excluding carboxylic acids is 1. The molecule has 0 atom stereocenters. The number of ketones is 1. The van der Waals surface area contributed by atoms with Crippen LogP contribution in [0.3, 0.4) is 0 Å². The van der Waals surface area contributed by atoms with Gasteiger partial charge in [0, 0.05) is 29.6 Å². The Morgan fingerprint density at radius 2 is 2.15 bits per heavy atom. The van der Waals surface area contributed by atoms with E-state index in [2.05, 4.69) is 22.1 Å². The molecule has 0 unspecified atom stereocenters. The number of benzene rings is 1. The van der Waals surface area contributed by atoms with E-state index in [0.717, 1.165) is 40.2 Å². The molecule has 0 radical (unpaired) electrons. The van der Waals surface area contributed by atoms with Crippen LogP contribution >= 0.6 is 0 Å². The van der Waals surface area contributed by atoms with Crippen molar-refractivity contribution in [3.05, 3.63) is 36.0 Å². The summed E-state index contributed by atoms with van der Waals surface area (Å²) in [7, 11) is 0. The molecule has 1 aliphatic heterocycles. The van der Waals surface area contributed by atoms with E-state index in [0.29, 0.717) is 31.1 Å². The number of Topliss-reactive ketones (excluding diaryl/α,β-unsaturated/α-hetero) is 1. The van der Waals surface area contributed by atoms with Crippen molar-refractivity contribution < 1.29 is 4.79 Å². The molecule has 1 fully saturated rings. The van der Waals surface area contributed by atoms with Crippen LogP contribution in [-0.2, 0) is 11.3 Å². The summed E-state index contributed by atoms with van der Waals surface area (Å²) in [6, 6.07) is 6.19. The second kappa shape index (κ2) is 5.74. The SMILES string of the molecule is CCC(=O)C1(Cn2cc3c(N)nc4cc(C5=CC=NC5)ccc4c3n2)CC1. The van der Waals surface area contributed by atoms with E-state index in [1.54, 1.807) is 0 Å². The number of aromatic nitrogens is 3. The summed E-state index contributed by atoms with van der Waals surface area (Å²) < 4.78 is 1.88. The third-order valence-corrected chi connectivity index (χ3v) is 5.78. The third kappa shape index (κ3) is 2.55. The molecule has 2 aromatic heterocycles. The Hall–Kier alpha value is -3.02. The molecule has 2 aliphatic rings. The molecule has 6 heteroatoms. The fourth-order valence-electron chi connectivity index (χ4n) is 4.00. The summed E-state index contributed by atoms with van der Waals surface area (Å²) in [6.45, 7) is 3.25. The minimum absolute atomic E-state index is 0.225. The number of hydrogen-bond acceptors (Lipinski definition) is 5. The van der Waals surface area contributed by atoms with Crippen molar-refractivity contribution in [3.8, 4) is 0 Å². The zero-order valence-electron chi connectivity index (χ0n) is 15.3. The molecule has 0 bridgehead atoms. The molecular weight excluding hydrogens is 338 g/mol. The van der Waals surface area contributed by atoms with Crippen molar-refractivity contribution in [2.45, 2.75) is 32.7 Å². The minimum Gasteiger partial charge on any atom is -0.383 e. The first kappa shape index (κ1) is 16.2. The lowest BCUT2D eigenvalue weighted by atomic mass is 9.99. The largest absolute Gasteiger partial charge is 0.383 e. The lowest BCUT2D eigenvalue weighted by molar-refractivity contribution is -0.124. The summed E-state index contributed by atoms with van der Waals surface area (Å²) in [6.07, 6.45) is 8.27. The summed E-state index contributed by atoms with van der Waals surface area (Å²) in [5, 5.41) is 6.60. The van der Waals surface area contributed by atoms with Gasteiger partial charge in [0.2, 0.25) is 0 Å². The molecule has 0 amide bonds. The highest BCUT2D eigenvalue weighted by atomic mass is 16.1. The molecular formula is C21H21N5O. The van der Waals surface area contributed by atoms with E-state index in [4.69, 9.17) is 10.8 Å². The van der Waals surface area contributed by atoms with E-state index in [9.17, 15) is 4.79 Å². The molecule has 1 saturated carbocycles. The number of pyridine rings is 1. The average molecular weight is 359 g/mol. The second-order valence-corrected chi connectivity index (χ2v) is 7.56. The number of nitrogens with two attached hydrogens (primary N) is 1. The summed E-state index contributed by atoms with van der Waals surface area (Å²) in [4.78, 5) is 21.1. The van der Waals surface area contributed by atoms with Gasteiger partial charge >= 0.3 is 0 Å². The van der Waals surface area contributed by atoms with Crippen molar-refractivity contribution in [2.24, 2.45) is 10.4 Å². The number of hydrogen-bond donors (Lipinski definition) is 1. The van der Waals surface area contributed by atoms with Crippen molar-refractivity contribution in [3.63, 3.8) is 0 Å². The lowest BCUT2D eigenvalue weighted by Gasteiger charge is -2.12. The van der Waals surface area contributed by atoms with Crippen molar-refractivity contribution in [2.75, 3.05) is 12.3 Å². The third-order valence-electron chi connectivity index (χ3n) is 5.78. The number of allylic oxidation sites excluding steroid dienone is 1. The van der Waals surface area contributed by atoms with E-state index in [1.807, 2.05) is 36.2 Å². The Kier molecular flexibility index (Phi) is 3.44. The maximum absolute atomic E-state index is 12.3. The van der Waals surface area contributed by atoms with Crippen LogP contribution in [0.4, 0.5) is 5.82 Å². The van der Waals surface area contributed by atoms with Crippen LogP contribution in [0.25, 0.3) is 27.4 Å². The monoisotopic (exact) mass is 359 g/mol. The fraction of sp³-hybridized carbons (Fsp3) is 0.333. The molecule has 136 valence electrons. The number of fused-ring (bicyclic) bond motifs is 3. The number of nitrogens with zero attached hydrogens (tertiary/aromatic N) is 4. The molecule has 0 spiro atoms. The number of aliphatic imine (C=N–C) groups is 1. The average Bonchev–Trinajstić information content (AvgIpc) is 3.09. The highest BCUT2D eigenvalue weighted by Crippen LogP contribution is 2.48. The normalized spacial score (nSPS) is 17.6. The topological polar surface area (TPSA) is 86.2 Å². The van der Waals surface area contributed by atoms with Gasteiger partial charge in [-0.2, -0.15) is 5.10 Å². The van der Waals surface area contributed by atoms with Gasteiger partial charge in [0.15, 0.2) is 0 Å². The Bertz CT molecular complexity index is 1150. The number of nitrogen functional groups attached to an aromatic ring is 1. The number of rotatable bonds is 5. The van der Waals surface area contributed by atoms with Gasteiger partial charge < -0.3 is 5.73 Å². The maximum Gasteiger partial charge on any atom is 0.140 e. The van der Waals surface area contributed by atoms with Gasteiger partial charge in [-0.15, -0.1) is 0 Å². The molecule has 3 aromatic rings. The predicted molar refractivity (Wildman–Crippen MR) is 108 cm³/mol. The maximum atomic E-state index is 12.3. The van der Waals surface area contributed by atoms with Crippen LogP contribution in [0, 0.1) is 5.41 Å². The number of carbonyl (C=O) groups is 1. The van der Waals surface area contributed by atoms with Gasteiger partial charge in [-0.05, 0) is 42.2 Å². The van der Waals surface area contributed by atoms with Crippen LogP contribution in [0.15, 0.2) is 35.5 Å². The molecule has 6 nitrogen and oxygen atoms in total. The van der Waals surface area contributed by atoms with Gasteiger partial charge in [-0.1, -0.05) is 13.0 Å². The second-order valence-electron chi connectivity index (χ2n) is 7.56. The first-order chi connectivity index (χ1) is 13.1. The highest BCUT2D eigenvalue weighted by molar-refractivity contribution is 6.08. The zero-order valence-corrected chi connectivity index (χ0v) is 15.3. The van der Waals surface area contributed by atoms with E-state index in [1.165, 1.54) is 5.57 Å². The highest BCUT2D eigenvalue weighted by Gasteiger charge is 2.48. The summed E-state index contributed by atoms with van der Waals surface area (Å²) in [5.74, 6) is 0.805. The molecule has 3 heterocycles. The predicted octanol–water partition coefficient (Wildman–Crippen LogP) is 3.39. The van der Waals surface area contributed by atoms with Crippen LogP contribution < -0.4 is 5.73 Å². The van der Waals surface area contributed by atoms with Gasteiger partial charge in [-0.25, -0.2) is 4.98 Å². The van der Waals surface area contributed by atoms with E-state index >= 15 is 0 Å². The van der Waals surface area contributed by atoms with Crippen LogP contribution in [-0.4, -0.2) is 33.3 Å². The first-order valence-corrected chi connectivity index (χ1v) is 9.39. The van der Waals surface area contributed by atoms with Gasteiger partial charge in [0.25, 0.3) is 0 Å². The molecule has 2 N–H and O–H groups in total. The fourth-order valence-corrected chi connectivity index (χ4v) is 4.00. The van der Waals surface area contributed by atoms with Crippen molar-refractivity contribution in [1.29, 1.82) is 0 Å². The van der Waals surface area contributed by atoms with Crippen LogP contribution in [0.2, 0.25) is 0 Å². The zero-order chi connectivity index (χ0) is 18.6. The van der Waals surface area contributed by atoms with Crippen LogP contribution in [0.5, 0.6) is 0 Å². The Morgan fingerprint density at radius 1 is 1.30 bits per heavy atom. The smallest absolute Gasteiger partial charge is 0.140 e. The molecule has 0 saturated heterocycles.